The van der Waals surface area contributed by atoms with Gasteiger partial charge in [-0.15, -0.1) is 0 Å². The van der Waals surface area contributed by atoms with Crippen LogP contribution < -0.4 is 4.74 Å². The van der Waals surface area contributed by atoms with Crippen LogP contribution in [0.4, 0.5) is 0 Å². The second-order valence-corrected chi connectivity index (χ2v) is 6.74. The molecule has 0 amide bonds. The van der Waals surface area contributed by atoms with Crippen LogP contribution in [-0.4, -0.2) is 21.6 Å². The molecule has 29 heavy (non-hydrogen) atoms. The number of carbonyl (C=O) groups is 2. The van der Waals surface area contributed by atoms with Crippen molar-refractivity contribution in [2.24, 2.45) is 0 Å². The van der Waals surface area contributed by atoms with Crippen molar-refractivity contribution in [3.05, 3.63) is 89.5 Å². The highest BCUT2D eigenvalue weighted by Crippen LogP contribution is 2.25. The summed E-state index contributed by atoms with van der Waals surface area (Å²) in [6.45, 7) is 2.15. The summed E-state index contributed by atoms with van der Waals surface area (Å²) in [4.78, 5) is 24.3. The Labute approximate surface area is 166 Å². The van der Waals surface area contributed by atoms with Gasteiger partial charge in [0.05, 0.1) is 18.2 Å². The van der Waals surface area contributed by atoms with Crippen molar-refractivity contribution in [1.29, 1.82) is 0 Å². The molecule has 6 nitrogen and oxygen atoms in total. The number of rotatable bonds is 6. The zero-order valence-electron chi connectivity index (χ0n) is 15.8. The third kappa shape index (κ3) is 3.78. The number of aromatic nitrogens is 1. The molecule has 2 aromatic heterocycles. The highest BCUT2D eigenvalue weighted by atomic mass is 16.5. The Morgan fingerprint density at radius 2 is 1.86 bits per heavy atom. The molecule has 0 saturated heterocycles. The van der Waals surface area contributed by atoms with Crippen LogP contribution in [-0.2, 0) is 17.8 Å². The lowest BCUT2D eigenvalue weighted by molar-refractivity contribution is -0.136. The van der Waals surface area contributed by atoms with E-state index in [2.05, 4.69) is 0 Å². The van der Waals surface area contributed by atoms with Gasteiger partial charge in [-0.25, -0.2) is 0 Å². The van der Waals surface area contributed by atoms with Crippen molar-refractivity contribution in [2.75, 3.05) is 0 Å². The molecule has 2 heterocycles. The van der Waals surface area contributed by atoms with Crippen LogP contribution in [0.15, 0.2) is 71.3 Å². The Balaban J connectivity index is 1.60. The summed E-state index contributed by atoms with van der Waals surface area (Å²) in [7, 11) is 0. The van der Waals surface area contributed by atoms with Gasteiger partial charge in [0, 0.05) is 16.6 Å². The molecule has 0 radical (unpaired) electrons. The number of nitrogens with zero attached hydrogens (tertiary/aromatic N) is 1. The van der Waals surface area contributed by atoms with E-state index < -0.39 is 5.97 Å². The SMILES string of the molecule is Cc1cc2c(CC(=O)O)cccc2n1C(=O)c1ccc(OCc2ccco2)cc1. The topological polar surface area (TPSA) is 81.7 Å². The second-order valence-electron chi connectivity index (χ2n) is 6.74. The molecule has 146 valence electrons. The molecular weight excluding hydrogens is 370 g/mol. The lowest BCUT2D eigenvalue weighted by atomic mass is 10.1. The van der Waals surface area contributed by atoms with E-state index in [1.165, 1.54) is 0 Å². The monoisotopic (exact) mass is 389 g/mol. The second kappa shape index (κ2) is 7.67. The van der Waals surface area contributed by atoms with Crippen LogP contribution in [0.2, 0.25) is 0 Å². The number of furan rings is 1. The number of aliphatic carboxylic acids is 1. The van der Waals surface area contributed by atoms with Crippen LogP contribution in [0.1, 0.15) is 27.4 Å². The Hall–Kier alpha value is -3.80. The lowest BCUT2D eigenvalue weighted by Crippen LogP contribution is -2.13. The fourth-order valence-corrected chi connectivity index (χ4v) is 3.38. The third-order valence-corrected chi connectivity index (χ3v) is 4.73. The van der Waals surface area contributed by atoms with Gasteiger partial charge in [-0.2, -0.15) is 0 Å². The predicted molar refractivity (Wildman–Crippen MR) is 107 cm³/mol. The number of hydrogen-bond acceptors (Lipinski definition) is 4. The largest absolute Gasteiger partial charge is 0.486 e. The normalized spacial score (nSPS) is 10.9. The van der Waals surface area contributed by atoms with Gasteiger partial charge in [0.2, 0.25) is 0 Å². The molecule has 0 fully saturated rings. The Bertz CT molecular complexity index is 1170. The van der Waals surface area contributed by atoms with E-state index >= 15 is 0 Å². The molecule has 4 aromatic rings. The van der Waals surface area contributed by atoms with E-state index in [-0.39, 0.29) is 12.3 Å². The number of fused-ring (bicyclic) bond motifs is 1. The Morgan fingerprint density at radius 1 is 1.07 bits per heavy atom. The number of carboxylic acid groups (broad SMARTS) is 1. The first-order valence-corrected chi connectivity index (χ1v) is 9.14. The molecule has 0 spiro atoms. The molecular formula is C23H19NO5. The van der Waals surface area contributed by atoms with E-state index in [0.29, 0.717) is 29.0 Å². The smallest absolute Gasteiger partial charge is 0.307 e. The van der Waals surface area contributed by atoms with Crippen LogP contribution in [0.5, 0.6) is 5.75 Å². The van der Waals surface area contributed by atoms with Gasteiger partial charge < -0.3 is 14.3 Å². The minimum Gasteiger partial charge on any atom is -0.486 e. The molecule has 0 unspecified atom stereocenters. The number of benzene rings is 2. The first-order valence-electron chi connectivity index (χ1n) is 9.14. The van der Waals surface area contributed by atoms with Crippen molar-refractivity contribution in [3.63, 3.8) is 0 Å². The molecule has 4 rings (SSSR count). The quantitative estimate of drug-likeness (QED) is 0.527. The van der Waals surface area contributed by atoms with Crippen LogP contribution in [0.25, 0.3) is 10.9 Å². The van der Waals surface area contributed by atoms with Gasteiger partial charge >= 0.3 is 5.97 Å². The number of hydrogen-bond donors (Lipinski definition) is 1. The summed E-state index contributed by atoms with van der Waals surface area (Å²) in [6.07, 6.45) is 1.50. The molecule has 0 aliphatic rings. The fourth-order valence-electron chi connectivity index (χ4n) is 3.38. The molecule has 0 aliphatic heterocycles. The number of carboxylic acids is 1. The van der Waals surface area contributed by atoms with Gasteiger partial charge in [0.25, 0.3) is 5.91 Å². The van der Waals surface area contributed by atoms with Gasteiger partial charge in [0.15, 0.2) is 0 Å². The minimum absolute atomic E-state index is 0.0866. The molecule has 0 aliphatic carbocycles. The zero-order chi connectivity index (χ0) is 20.4. The van der Waals surface area contributed by atoms with Gasteiger partial charge in [-0.3, -0.25) is 14.2 Å². The highest BCUT2D eigenvalue weighted by Gasteiger charge is 2.17. The maximum Gasteiger partial charge on any atom is 0.307 e. The Kier molecular flexibility index (Phi) is 4.91. The summed E-state index contributed by atoms with van der Waals surface area (Å²) in [5.41, 5.74) is 2.65. The standard InChI is InChI=1S/C23H19NO5/c1-15-12-20-17(13-22(25)26)4-2-6-21(20)24(15)23(27)16-7-9-18(10-8-16)29-14-19-5-3-11-28-19/h2-12H,13-14H2,1H3,(H,25,26). The predicted octanol–water partition coefficient (Wildman–Crippen LogP) is 4.44. The fraction of sp³-hybridized carbons (Fsp3) is 0.130. The van der Waals surface area contributed by atoms with Crippen LogP contribution >= 0.6 is 0 Å². The summed E-state index contributed by atoms with van der Waals surface area (Å²) < 4.78 is 12.5. The first kappa shape index (κ1) is 18.6. The average Bonchev–Trinajstić information content (AvgIpc) is 3.33. The van der Waals surface area contributed by atoms with Crippen LogP contribution in [0.3, 0.4) is 0 Å². The minimum atomic E-state index is -0.903. The van der Waals surface area contributed by atoms with Gasteiger partial charge in [0.1, 0.15) is 18.1 Å². The van der Waals surface area contributed by atoms with E-state index in [0.717, 1.165) is 16.8 Å². The zero-order valence-corrected chi connectivity index (χ0v) is 15.8. The molecule has 6 heteroatoms. The van der Waals surface area contributed by atoms with Crippen molar-refractivity contribution < 1.29 is 23.8 Å². The van der Waals surface area contributed by atoms with Crippen molar-refractivity contribution in [1.82, 2.24) is 4.57 Å². The summed E-state index contributed by atoms with van der Waals surface area (Å²) in [5.74, 6) is 0.273. The van der Waals surface area contributed by atoms with E-state index in [4.69, 9.17) is 14.3 Å². The first-order chi connectivity index (χ1) is 14.0. The highest BCUT2D eigenvalue weighted by molar-refractivity contribution is 6.04. The Morgan fingerprint density at radius 3 is 2.55 bits per heavy atom. The van der Waals surface area contributed by atoms with E-state index in [1.807, 2.05) is 25.1 Å². The summed E-state index contributed by atoms with van der Waals surface area (Å²) in [5, 5.41) is 9.91. The summed E-state index contributed by atoms with van der Waals surface area (Å²) >= 11 is 0. The van der Waals surface area contributed by atoms with Crippen molar-refractivity contribution >= 4 is 22.8 Å². The average molecular weight is 389 g/mol. The number of aryl methyl sites for hydroxylation is 1. The van der Waals surface area contributed by atoms with Gasteiger partial charge in [-0.05, 0) is 61.0 Å². The van der Waals surface area contributed by atoms with Crippen molar-refractivity contribution in [2.45, 2.75) is 20.0 Å². The molecule has 1 N–H and O–H groups in total. The lowest BCUT2D eigenvalue weighted by Gasteiger charge is -2.09. The number of carbonyl (C=O) groups excluding carboxylic acids is 1. The van der Waals surface area contributed by atoms with Crippen molar-refractivity contribution in [3.8, 4) is 5.75 Å². The number of ether oxygens (including phenoxy) is 1. The maximum atomic E-state index is 13.1. The van der Waals surface area contributed by atoms with Gasteiger partial charge in [-0.1, -0.05) is 12.1 Å². The third-order valence-electron chi connectivity index (χ3n) is 4.73. The summed E-state index contributed by atoms with van der Waals surface area (Å²) in [6, 6.07) is 17.8. The maximum absolute atomic E-state index is 13.1. The molecule has 2 aromatic carbocycles. The molecule has 0 atom stereocenters. The van der Waals surface area contributed by atoms with E-state index in [1.54, 1.807) is 53.3 Å². The van der Waals surface area contributed by atoms with Crippen LogP contribution in [0, 0.1) is 6.92 Å². The molecule has 0 saturated carbocycles. The van der Waals surface area contributed by atoms with E-state index in [9.17, 15) is 9.59 Å². The molecule has 0 bridgehead atoms.